The van der Waals surface area contributed by atoms with E-state index in [2.05, 4.69) is 0 Å². The number of aliphatic hydroxyl groups is 2. The largest absolute Gasteiger partial charge is 0.636 e. The Bertz CT molecular complexity index is 1000. The highest BCUT2D eigenvalue weighted by Crippen LogP contribution is 2.42. The molecule has 0 aromatic heterocycles. The highest BCUT2D eigenvalue weighted by Gasteiger charge is 2.38. The van der Waals surface area contributed by atoms with E-state index in [0.29, 0.717) is 29.6 Å². The van der Waals surface area contributed by atoms with Crippen LogP contribution in [0, 0.1) is 0 Å². The number of hydrogen-bond acceptors (Lipinski definition) is 6. The number of halogens is 3. The number of fused-ring (bicyclic) bond motifs is 1. The van der Waals surface area contributed by atoms with Crippen molar-refractivity contribution in [1.82, 2.24) is 4.90 Å². The molecule has 2 aromatic rings. The van der Waals surface area contributed by atoms with Gasteiger partial charge < -0.3 is 29.2 Å². The molecule has 1 aliphatic carbocycles. The number of nitrogens with zero attached hydrogens (tertiary/aromatic N) is 1. The second kappa shape index (κ2) is 8.01. The zero-order chi connectivity index (χ0) is 22.2. The van der Waals surface area contributed by atoms with E-state index >= 15 is 0 Å². The Labute approximate surface area is 176 Å². The lowest BCUT2D eigenvalue weighted by molar-refractivity contribution is -0.138. The van der Waals surface area contributed by atoms with Crippen LogP contribution in [0.25, 0.3) is 0 Å². The molecule has 1 aliphatic heterocycles. The van der Waals surface area contributed by atoms with Gasteiger partial charge in [-0.05, 0) is 42.2 Å². The molecule has 0 radical (unpaired) electrons. The summed E-state index contributed by atoms with van der Waals surface area (Å²) in [6, 6.07) is 10.6. The summed E-state index contributed by atoms with van der Waals surface area (Å²) >= 11 is 0. The van der Waals surface area contributed by atoms with Gasteiger partial charge in [0.15, 0.2) is 0 Å². The van der Waals surface area contributed by atoms with Gasteiger partial charge in [0.25, 0.3) is 11.9 Å². The average Bonchev–Trinajstić information content (AvgIpc) is 3.09. The van der Waals surface area contributed by atoms with Crippen molar-refractivity contribution in [3.05, 3.63) is 83.4 Å². The van der Waals surface area contributed by atoms with Crippen LogP contribution < -0.4 is 10.2 Å². The van der Waals surface area contributed by atoms with Gasteiger partial charge in [-0.15, -0.1) is 0 Å². The molecule has 1 atom stereocenters. The highest BCUT2D eigenvalue weighted by molar-refractivity contribution is 6.61. The molecule has 2 aliphatic rings. The average molecular weight is 433 g/mol. The van der Waals surface area contributed by atoms with Gasteiger partial charge >= 0.3 is 13.3 Å². The van der Waals surface area contributed by atoms with Crippen molar-refractivity contribution in [1.29, 1.82) is 0 Å². The van der Waals surface area contributed by atoms with E-state index in [4.69, 9.17) is 14.0 Å². The second-order valence-electron chi connectivity index (χ2n) is 7.25. The lowest BCUT2D eigenvalue weighted by Gasteiger charge is -2.20. The monoisotopic (exact) mass is 433 g/mol. The first-order chi connectivity index (χ1) is 14.7. The predicted octanol–water partition coefficient (Wildman–Crippen LogP) is 4.16. The Morgan fingerprint density at radius 1 is 1.03 bits per heavy atom. The molecule has 2 N–H and O–H groups in total. The number of aliphatic hydroxyl groups excluding tert-OH is 2. The van der Waals surface area contributed by atoms with Gasteiger partial charge in [0.1, 0.15) is 11.9 Å². The first kappa shape index (κ1) is 20.8. The van der Waals surface area contributed by atoms with Crippen LogP contribution in [-0.4, -0.2) is 29.3 Å². The third-order valence-corrected chi connectivity index (χ3v) is 5.04. The van der Waals surface area contributed by atoms with E-state index < -0.39 is 36.9 Å². The molecule has 0 amide bonds. The molecule has 0 bridgehead atoms. The van der Waals surface area contributed by atoms with Crippen LogP contribution in [0.15, 0.2) is 66.8 Å². The van der Waals surface area contributed by atoms with Crippen molar-refractivity contribution in [2.75, 3.05) is 7.05 Å². The van der Waals surface area contributed by atoms with Crippen LogP contribution in [0.5, 0.6) is 5.75 Å². The van der Waals surface area contributed by atoms with E-state index in [1.165, 1.54) is 23.4 Å². The topological polar surface area (TPSA) is 71.4 Å². The lowest BCUT2D eigenvalue weighted by atomic mass is 9.79. The summed E-state index contributed by atoms with van der Waals surface area (Å²) in [4.78, 5) is 1.36. The molecule has 31 heavy (non-hydrogen) atoms. The van der Waals surface area contributed by atoms with Gasteiger partial charge in [0.05, 0.1) is 18.0 Å². The van der Waals surface area contributed by atoms with Crippen LogP contribution in [0.3, 0.4) is 0 Å². The third kappa shape index (κ3) is 4.52. The summed E-state index contributed by atoms with van der Waals surface area (Å²) in [5, 5.41) is 19.6. The zero-order valence-corrected chi connectivity index (χ0v) is 16.5. The molecule has 0 saturated carbocycles. The number of rotatable bonds is 3. The summed E-state index contributed by atoms with van der Waals surface area (Å²) in [5.41, 5.74) is 0.696. The van der Waals surface area contributed by atoms with Gasteiger partial charge in [0, 0.05) is 12.5 Å². The van der Waals surface area contributed by atoms with Crippen molar-refractivity contribution >= 4 is 12.6 Å². The molecule has 1 unspecified atom stereocenters. The van der Waals surface area contributed by atoms with Crippen molar-refractivity contribution in [2.24, 2.45) is 0 Å². The molecule has 0 spiro atoms. The molecule has 0 saturated heterocycles. The molecule has 10 heteroatoms. The van der Waals surface area contributed by atoms with Gasteiger partial charge in [-0.2, -0.15) is 13.2 Å². The van der Waals surface area contributed by atoms with Crippen molar-refractivity contribution in [3.8, 4) is 5.75 Å². The summed E-state index contributed by atoms with van der Waals surface area (Å²) in [5.74, 6) is -0.344. The maximum Gasteiger partial charge on any atom is 0.636 e. The first-order valence-electron chi connectivity index (χ1n) is 9.53. The van der Waals surface area contributed by atoms with Crippen LogP contribution in [0.2, 0.25) is 0 Å². The fourth-order valence-corrected chi connectivity index (χ4v) is 3.70. The minimum atomic E-state index is -4.39. The van der Waals surface area contributed by atoms with E-state index in [9.17, 15) is 23.4 Å². The highest BCUT2D eigenvalue weighted by atomic mass is 19.4. The minimum absolute atomic E-state index is 0.280. The molecule has 0 fully saturated rings. The fraction of sp³-hybridized carbons (Fsp3) is 0.238. The maximum atomic E-state index is 13.2. The minimum Gasteiger partial charge on any atom is -0.494 e. The normalized spacial score (nSPS) is 20.5. The Morgan fingerprint density at radius 2 is 1.68 bits per heavy atom. The number of benzene rings is 2. The van der Waals surface area contributed by atoms with E-state index in [0.717, 1.165) is 6.07 Å². The summed E-state index contributed by atoms with van der Waals surface area (Å²) in [6.45, 7) is 0. The third-order valence-electron chi connectivity index (χ3n) is 5.04. The Balaban J connectivity index is 1.50. The molecule has 162 valence electrons. The molecule has 6 nitrogen and oxygen atoms in total. The summed E-state index contributed by atoms with van der Waals surface area (Å²) in [7, 11) is 0.474. The van der Waals surface area contributed by atoms with Crippen molar-refractivity contribution < 1.29 is 37.4 Å². The number of ether oxygens (including phenoxy) is 1. The lowest BCUT2D eigenvalue weighted by Crippen LogP contribution is -2.37. The van der Waals surface area contributed by atoms with Crippen LogP contribution in [0.1, 0.15) is 29.2 Å². The van der Waals surface area contributed by atoms with E-state index in [-0.39, 0.29) is 5.56 Å². The van der Waals surface area contributed by atoms with Crippen LogP contribution >= 0.6 is 0 Å². The Morgan fingerprint density at radius 3 is 2.29 bits per heavy atom. The van der Waals surface area contributed by atoms with Gasteiger partial charge in [-0.3, -0.25) is 0 Å². The molecule has 1 heterocycles. The Hall–Kier alpha value is -3.43. The second-order valence-corrected chi connectivity index (χ2v) is 7.25. The van der Waals surface area contributed by atoms with E-state index in [1.807, 2.05) is 0 Å². The molecular formula is C21H19BF3NO5. The molecule has 2 aromatic carbocycles. The number of alkyl halides is 3. The summed E-state index contributed by atoms with van der Waals surface area (Å²) in [6.07, 6.45) is -1.61. The Kier molecular flexibility index (Phi) is 5.38. The summed E-state index contributed by atoms with van der Waals surface area (Å²) < 4.78 is 56.2. The smallest absolute Gasteiger partial charge is 0.494 e. The van der Waals surface area contributed by atoms with Crippen LogP contribution in [0.4, 0.5) is 13.2 Å². The molecular weight excluding hydrogens is 414 g/mol. The quantitative estimate of drug-likeness (QED) is 0.709. The van der Waals surface area contributed by atoms with Crippen LogP contribution in [-0.2, 0) is 21.9 Å². The fourth-order valence-electron chi connectivity index (χ4n) is 3.70. The van der Waals surface area contributed by atoms with Gasteiger partial charge in [-0.25, -0.2) is 0 Å². The van der Waals surface area contributed by atoms with Crippen molar-refractivity contribution in [3.63, 3.8) is 0 Å². The molecule has 4 rings (SSSR count). The van der Waals surface area contributed by atoms with E-state index in [1.54, 1.807) is 37.4 Å². The van der Waals surface area contributed by atoms with Crippen molar-refractivity contribution in [2.45, 2.75) is 25.1 Å². The predicted molar refractivity (Wildman–Crippen MR) is 106 cm³/mol. The SMILES string of the molecule is CN1C=C(O)OB(c2ccc(OC3CCc4c3cccc4C(F)(F)F)cc2)O/C(O)=C\1. The maximum absolute atomic E-state index is 13.2. The standard InChI is InChI=1S/C21H19BF3NO5/c1-26-11-19(27)30-22(31-20(28)12-26)13-5-7-14(8-6-13)29-18-10-9-15-16(18)3-2-4-17(15)21(23,24)25/h2-8,11-12,18,27-28H,9-10H2,1H3/b19-11-,20-12?. The van der Waals surface area contributed by atoms with Gasteiger partial charge in [0.2, 0.25) is 0 Å². The zero-order valence-electron chi connectivity index (χ0n) is 16.5. The van der Waals surface area contributed by atoms with Gasteiger partial charge in [-0.1, -0.05) is 24.3 Å². The first-order valence-corrected chi connectivity index (χ1v) is 9.53. The number of hydrogen-bond donors (Lipinski definition) is 2.